The van der Waals surface area contributed by atoms with Gasteiger partial charge in [-0.3, -0.25) is 9.69 Å². The van der Waals surface area contributed by atoms with E-state index in [0.29, 0.717) is 28.8 Å². The van der Waals surface area contributed by atoms with Crippen molar-refractivity contribution < 1.29 is 29.5 Å². The zero-order valence-corrected chi connectivity index (χ0v) is 21.6. The molecular weight excluding hydrogens is 518 g/mol. The van der Waals surface area contributed by atoms with Crippen LogP contribution < -0.4 is 14.6 Å². The molecule has 12 nitrogen and oxygen atoms in total. The lowest BCUT2D eigenvalue weighted by Crippen LogP contribution is -2.67. The molecule has 1 fully saturated rings. The fourth-order valence-corrected chi connectivity index (χ4v) is 6.40. The molecule has 14 heteroatoms. The highest BCUT2D eigenvalue weighted by molar-refractivity contribution is 8.01. The fraction of sp³-hybridized carbons (Fsp3) is 0.304. The van der Waals surface area contributed by atoms with Crippen molar-refractivity contribution in [3.8, 4) is 5.75 Å². The van der Waals surface area contributed by atoms with Crippen LogP contribution in [0.2, 0.25) is 0 Å². The Morgan fingerprint density at radius 1 is 1.27 bits per heavy atom. The van der Waals surface area contributed by atoms with Gasteiger partial charge in [-0.25, -0.2) is 14.0 Å². The first-order chi connectivity index (χ1) is 17.4. The molecule has 1 unspecified atom stereocenters. The Bertz CT molecular complexity index is 1310. The lowest BCUT2D eigenvalue weighted by atomic mass is 10.0. The van der Waals surface area contributed by atoms with Crippen molar-refractivity contribution in [2.45, 2.75) is 23.1 Å². The quantitative estimate of drug-likeness (QED) is 0.227. The molecule has 0 spiro atoms. The van der Waals surface area contributed by atoms with Crippen molar-refractivity contribution in [3.63, 3.8) is 0 Å². The largest absolute Gasteiger partial charge is 0.870 e. The number of pyridine rings is 1. The second-order valence-electron chi connectivity index (χ2n) is 8.27. The number of tetrazole rings is 1. The SMILES string of the molecule is COc1ccc(C[n+]2ccc(N[C@H]3C(=O)N4C(C(=O)O)=C(CSc5nnnn5C)CSC34)cc2)cc1.[OH-]. The number of carboxylic acids is 1. The summed E-state index contributed by atoms with van der Waals surface area (Å²) in [6, 6.07) is 11.2. The number of β-lactam (4-membered cyclic amide) rings is 1. The first-order valence-electron chi connectivity index (χ1n) is 11.1. The van der Waals surface area contributed by atoms with Gasteiger partial charge in [0, 0.05) is 41.9 Å². The number of rotatable bonds is 9. The molecule has 194 valence electrons. The Balaban J connectivity index is 0.00000320. The number of aliphatic carboxylic acids is 1. The molecule has 5 rings (SSSR count). The number of anilines is 1. The number of fused-ring (bicyclic) bond motifs is 1. The minimum Gasteiger partial charge on any atom is -0.870 e. The minimum absolute atomic E-state index is 0. The van der Waals surface area contributed by atoms with Gasteiger partial charge >= 0.3 is 5.97 Å². The number of nitrogens with zero attached hydrogens (tertiary/aromatic N) is 6. The maximum atomic E-state index is 13.0. The van der Waals surface area contributed by atoms with Crippen LogP contribution in [0.3, 0.4) is 0 Å². The number of benzene rings is 1. The number of nitrogens with one attached hydrogen (secondary N) is 1. The standard InChI is InChI=1S/C23H23N7O4S2.H2O/c1-28-23(25-26-27-28)36-13-15-12-35-21-18(20(31)30(21)19(15)22(32)33)24-16-7-9-29(10-8-16)11-14-3-5-17(34-2)6-4-14;/h3-10,18,21H,11-13H2,1-2H3,(H,32,33);1H2/t18-,21?;/m0./s1. The van der Waals surface area contributed by atoms with Crippen LogP contribution in [-0.4, -0.2) is 77.6 Å². The number of carbonyl (C=O) groups is 2. The summed E-state index contributed by atoms with van der Waals surface area (Å²) in [7, 11) is 3.36. The Morgan fingerprint density at radius 2 is 2.00 bits per heavy atom. The molecule has 37 heavy (non-hydrogen) atoms. The van der Waals surface area contributed by atoms with Crippen molar-refractivity contribution in [1.29, 1.82) is 0 Å². The van der Waals surface area contributed by atoms with E-state index in [1.165, 1.54) is 21.3 Å². The molecule has 3 N–H and O–H groups in total. The highest BCUT2D eigenvalue weighted by Crippen LogP contribution is 2.42. The molecule has 0 radical (unpaired) electrons. The summed E-state index contributed by atoms with van der Waals surface area (Å²) in [5.41, 5.74) is 2.69. The van der Waals surface area contributed by atoms with Gasteiger partial charge in [-0.15, -0.1) is 16.9 Å². The first-order valence-corrected chi connectivity index (χ1v) is 13.1. The number of aryl methyl sites for hydroxylation is 1. The molecule has 1 saturated heterocycles. The topological polar surface area (TPSA) is 156 Å². The fourth-order valence-electron chi connectivity index (χ4n) is 4.07. The first kappa shape index (κ1) is 26.4. The lowest BCUT2D eigenvalue weighted by Gasteiger charge is -2.49. The third-order valence-electron chi connectivity index (χ3n) is 5.94. The Hall–Kier alpha value is -3.62. The van der Waals surface area contributed by atoms with Crippen LogP contribution in [0.25, 0.3) is 0 Å². The van der Waals surface area contributed by atoms with E-state index in [9.17, 15) is 14.7 Å². The molecule has 2 aliphatic rings. The van der Waals surface area contributed by atoms with Gasteiger partial charge in [-0.1, -0.05) is 11.8 Å². The molecule has 0 aliphatic carbocycles. The summed E-state index contributed by atoms with van der Waals surface area (Å²) in [5.74, 6) is 0.381. The minimum atomic E-state index is -1.10. The Kier molecular flexibility index (Phi) is 8.00. The van der Waals surface area contributed by atoms with Gasteiger partial charge in [-0.05, 0) is 40.3 Å². The molecule has 0 saturated carbocycles. The van der Waals surface area contributed by atoms with Gasteiger partial charge in [0.25, 0.3) is 5.91 Å². The zero-order valence-electron chi connectivity index (χ0n) is 20.0. The van der Waals surface area contributed by atoms with E-state index in [4.69, 9.17) is 4.74 Å². The van der Waals surface area contributed by atoms with E-state index in [1.54, 1.807) is 25.9 Å². The predicted molar refractivity (Wildman–Crippen MR) is 135 cm³/mol. The van der Waals surface area contributed by atoms with Gasteiger partial charge in [0.05, 0.1) is 7.11 Å². The molecule has 2 aromatic heterocycles. The molecular formula is C23H25N7O5S2. The number of thioether (sulfide) groups is 2. The second-order valence-corrected chi connectivity index (χ2v) is 10.3. The highest BCUT2D eigenvalue weighted by atomic mass is 32.2. The van der Waals surface area contributed by atoms with E-state index >= 15 is 0 Å². The highest BCUT2D eigenvalue weighted by Gasteiger charge is 2.53. The van der Waals surface area contributed by atoms with Crippen LogP contribution in [0.1, 0.15) is 5.56 Å². The van der Waals surface area contributed by atoms with Crippen molar-refractivity contribution in [2.24, 2.45) is 7.05 Å². The van der Waals surface area contributed by atoms with Gasteiger partial charge in [0.15, 0.2) is 18.9 Å². The second kappa shape index (κ2) is 11.2. The van der Waals surface area contributed by atoms with Gasteiger partial charge < -0.3 is 20.6 Å². The molecule has 2 aliphatic heterocycles. The molecule has 3 aromatic rings. The molecule has 1 aromatic carbocycles. The summed E-state index contributed by atoms with van der Waals surface area (Å²) in [5, 5.41) is 24.8. The third kappa shape index (κ3) is 5.40. The van der Waals surface area contributed by atoms with Gasteiger partial charge in [-0.2, -0.15) is 0 Å². The monoisotopic (exact) mass is 543 g/mol. The van der Waals surface area contributed by atoms with E-state index in [-0.39, 0.29) is 22.5 Å². The number of carbonyl (C=O) groups excluding carboxylic acids is 1. The normalized spacial score (nSPS) is 18.5. The van der Waals surface area contributed by atoms with E-state index in [1.807, 2.05) is 53.4 Å². The van der Waals surface area contributed by atoms with Crippen molar-refractivity contribution in [2.75, 3.05) is 23.9 Å². The average Bonchev–Trinajstić information content (AvgIpc) is 3.31. The number of hydrogen-bond donors (Lipinski definition) is 2. The number of amides is 1. The van der Waals surface area contributed by atoms with Crippen LogP contribution in [0.4, 0.5) is 5.69 Å². The zero-order chi connectivity index (χ0) is 25.2. The Labute approximate surface area is 221 Å². The molecule has 1 amide bonds. The molecule has 4 heterocycles. The van der Waals surface area contributed by atoms with Crippen LogP contribution in [0.5, 0.6) is 5.75 Å². The number of aromatic nitrogens is 5. The van der Waals surface area contributed by atoms with E-state index in [0.717, 1.165) is 17.0 Å². The van der Waals surface area contributed by atoms with Crippen LogP contribution >= 0.6 is 23.5 Å². The summed E-state index contributed by atoms with van der Waals surface area (Å²) >= 11 is 2.90. The van der Waals surface area contributed by atoms with Gasteiger partial charge in [0.2, 0.25) is 5.16 Å². The number of hydrogen-bond acceptors (Lipinski definition) is 10. The predicted octanol–water partition coefficient (Wildman–Crippen LogP) is 1.20. The van der Waals surface area contributed by atoms with E-state index < -0.39 is 12.0 Å². The van der Waals surface area contributed by atoms with Crippen molar-refractivity contribution in [1.82, 2.24) is 25.1 Å². The summed E-state index contributed by atoms with van der Waals surface area (Å²) in [6.07, 6.45) is 3.89. The van der Waals surface area contributed by atoms with Crippen LogP contribution in [0, 0.1) is 0 Å². The Morgan fingerprint density at radius 3 is 2.62 bits per heavy atom. The molecule has 0 bridgehead atoms. The summed E-state index contributed by atoms with van der Waals surface area (Å²) in [6.45, 7) is 0.705. The number of ether oxygens (including phenoxy) is 1. The number of methoxy groups -OCH3 is 1. The smallest absolute Gasteiger partial charge is 0.352 e. The maximum absolute atomic E-state index is 13.0. The lowest BCUT2D eigenvalue weighted by molar-refractivity contribution is -0.688. The maximum Gasteiger partial charge on any atom is 0.352 e. The van der Waals surface area contributed by atoms with E-state index in [2.05, 4.69) is 20.8 Å². The third-order valence-corrected chi connectivity index (χ3v) is 8.38. The van der Waals surface area contributed by atoms with Crippen LogP contribution in [-0.2, 0) is 23.2 Å². The van der Waals surface area contributed by atoms with Crippen LogP contribution in [0.15, 0.2) is 65.2 Å². The summed E-state index contributed by atoms with van der Waals surface area (Å²) < 4.78 is 8.77. The number of carboxylic acid groups (broad SMARTS) is 1. The summed E-state index contributed by atoms with van der Waals surface area (Å²) in [4.78, 5) is 26.5. The van der Waals surface area contributed by atoms with Crippen molar-refractivity contribution >= 4 is 41.1 Å². The average molecular weight is 544 g/mol. The molecule has 2 atom stereocenters. The van der Waals surface area contributed by atoms with Crippen molar-refractivity contribution in [3.05, 3.63) is 65.6 Å². The van der Waals surface area contributed by atoms with Gasteiger partial charge in [0.1, 0.15) is 22.9 Å².